The van der Waals surface area contributed by atoms with Crippen LogP contribution in [0.2, 0.25) is 0 Å². The van der Waals surface area contributed by atoms with Gasteiger partial charge in [0, 0.05) is 18.1 Å². The number of para-hydroxylation sites is 1. The molecule has 1 N–H and O–H groups in total. The second-order valence-electron chi connectivity index (χ2n) is 8.92. The van der Waals surface area contributed by atoms with Crippen molar-refractivity contribution in [2.45, 2.75) is 32.0 Å². The van der Waals surface area contributed by atoms with Gasteiger partial charge < -0.3 is 15.0 Å². The van der Waals surface area contributed by atoms with Gasteiger partial charge in [0.1, 0.15) is 11.8 Å². The standard InChI is InChI=1S/C28H25N5OS2/c1-18(2)34-20-14-12-19(13-15-20)33-26(25(31-27(33)35)22-9-5-6-16-29-22)23-10-7-17-32(23)28-30-21-8-3-4-11-24(21)36-28/h3-18,25-26H,1-2H3,(H,31,35). The molecule has 0 bridgehead atoms. The van der Waals surface area contributed by atoms with Crippen molar-refractivity contribution in [1.29, 1.82) is 0 Å². The molecule has 3 aromatic heterocycles. The van der Waals surface area contributed by atoms with Gasteiger partial charge >= 0.3 is 0 Å². The van der Waals surface area contributed by atoms with Crippen LogP contribution in [0.3, 0.4) is 0 Å². The van der Waals surface area contributed by atoms with Gasteiger partial charge in [-0.3, -0.25) is 9.55 Å². The Balaban J connectivity index is 1.46. The number of benzene rings is 2. The molecular weight excluding hydrogens is 486 g/mol. The van der Waals surface area contributed by atoms with E-state index in [1.165, 1.54) is 0 Å². The van der Waals surface area contributed by atoms with Crippen LogP contribution in [0, 0.1) is 0 Å². The van der Waals surface area contributed by atoms with E-state index in [1.54, 1.807) is 11.3 Å². The summed E-state index contributed by atoms with van der Waals surface area (Å²) in [5.74, 6) is 0.836. The fourth-order valence-corrected chi connectivity index (χ4v) is 5.98. The molecule has 8 heteroatoms. The SMILES string of the molecule is CC(C)Oc1ccc(N2C(=S)NC(c3ccccn3)C2c2cccn2-c2nc3ccccc3s2)cc1. The highest BCUT2D eigenvalue weighted by molar-refractivity contribution is 7.80. The third-order valence-corrected chi connectivity index (χ3v) is 7.51. The number of thiazole rings is 1. The molecule has 2 unspecified atom stereocenters. The molecule has 4 heterocycles. The quantitative estimate of drug-likeness (QED) is 0.265. The molecule has 0 radical (unpaired) electrons. The van der Waals surface area contributed by atoms with E-state index in [-0.39, 0.29) is 18.2 Å². The molecule has 0 amide bonds. The Kier molecular flexibility index (Phi) is 5.91. The third-order valence-electron chi connectivity index (χ3n) is 6.16. The Labute approximate surface area is 219 Å². The summed E-state index contributed by atoms with van der Waals surface area (Å²) in [4.78, 5) is 11.8. The Bertz CT molecular complexity index is 1480. The first-order valence-corrected chi connectivity index (χ1v) is 13.1. The highest BCUT2D eigenvalue weighted by Gasteiger charge is 2.42. The zero-order chi connectivity index (χ0) is 24.6. The molecular formula is C28H25N5OS2. The third kappa shape index (κ3) is 4.12. The number of rotatable bonds is 6. The van der Waals surface area contributed by atoms with Crippen molar-refractivity contribution in [2.24, 2.45) is 0 Å². The maximum Gasteiger partial charge on any atom is 0.194 e. The van der Waals surface area contributed by atoms with Crippen LogP contribution in [0.1, 0.15) is 37.3 Å². The van der Waals surface area contributed by atoms with E-state index in [0.717, 1.165) is 38.2 Å². The monoisotopic (exact) mass is 511 g/mol. The van der Waals surface area contributed by atoms with E-state index >= 15 is 0 Å². The second kappa shape index (κ2) is 9.37. The lowest BCUT2D eigenvalue weighted by molar-refractivity contribution is 0.242. The summed E-state index contributed by atoms with van der Waals surface area (Å²) < 4.78 is 9.20. The number of nitrogens with zero attached hydrogens (tertiary/aromatic N) is 4. The molecule has 2 aromatic carbocycles. The van der Waals surface area contributed by atoms with Crippen LogP contribution in [0.15, 0.2) is 91.3 Å². The highest BCUT2D eigenvalue weighted by atomic mass is 32.1. The van der Waals surface area contributed by atoms with E-state index in [9.17, 15) is 0 Å². The van der Waals surface area contributed by atoms with Gasteiger partial charge in [0.15, 0.2) is 10.2 Å². The minimum absolute atomic E-state index is 0.115. The lowest BCUT2D eigenvalue weighted by Crippen LogP contribution is -2.30. The number of aromatic nitrogens is 3. The lowest BCUT2D eigenvalue weighted by Gasteiger charge is -2.28. The van der Waals surface area contributed by atoms with Gasteiger partial charge in [-0.1, -0.05) is 29.5 Å². The maximum atomic E-state index is 5.90. The molecule has 2 atom stereocenters. The Hall–Kier alpha value is -3.75. The number of ether oxygens (including phenoxy) is 1. The first-order chi connectivity index (χ1) is 17.6. The van der Waals surface area contributed by atoms with E-state index in [2.05, 4.69) is 62.4 Å². The van der Waals surface area contributed by atoms with Crippen LogP contribution in [0.4, 0.5) is 5.69 Å². The summed E-state index contributed by atoms with van der Waals surface area (Å²) in [7, 11) is 0. The fourth-order valence-electron chi connectivity index (χ4n) is 4.66. The van der Waals surface area contributed by atoms with Crippen molar-refractivity contribution < 1.29 is 4.74 Å². The van der Waals surface area contributed by atoms with Crippen LogP contribution in [0.5, 0.6) is 5.75 Å². The second-order valence-corrected chi connectivity index (χ2v) is 10.3. The zero-order valence-electron chi connectivity index (χ0n) is 19.9. The molecule has 1 saturated heterocycles. The highest BCUT2D eigenvalue weighted by Crippen LogP contribution is 2.43. The Morgan fingerprint density at radius 1 is 0.972 bits per heavy atom. The molecule has 5 aromatic rings. The molecule has 6 rings (SSSR count). The molecule has 6 nitrogen and oxygen atoms in total. The average Bonchev–Trinajstić information content (AvgIpc) is 3.61. The van der Waals surface area contributed by atoms with Crippen LogP contribution in [0.25, 0.3) is 15.3 Å². The number of hydrogen-bond acceptors (Lipinski definition) is 5. The van der Waals surface area contributed by atoms with E-state index in [0.29, 0.717) is 5.11 Å². The number of fused-ring (bicyclic) bond motifs is 1. The maximum absolute atomic E-state index is 5.90. The Morgan fingerprint density at radius 2 is 1.78 bits per heavy atom. The largest absolute Gasteiger partial charge is 0.491 e. The zero-order valence-corrected chi connectivity index (χ0v) is 21.5. The van der Waals surface area contributed by atoms with Crippen LogP contribution >= 0.6 is 23.6 Å². The summed E-state index contributed by atoms with van der Waals surface area (Å²) in [6, 6.07) is 26.3. The summed E-state index contributed by atoms with van der Waals surface area (Å²) in [5, 5.41) is 5.13. The van der Waals surface area contributed by atoms with Crippen molar-refractivity contribution >= 4 is 44.6 Å². The van der Waals surface area contributed by atoms with E-state index in [1.807, 2.05) is 62.5 Å². The van der Waals surface area contributed by atoms with Crippen LogP contribution in [-0.2, 0) is 0 Å². The van der Waals surface area contributed by atoms with Gasteiger partial charge in [-0.2, -0.15) is 0 Å². The fraction of sp³-hybridized carbons (Fsp3) is 0.179. The number of anilines is 1. The van der Waals surface area contributed by atoms with Gasteiger partial charge in [0.05, 0.1) is 33.8 Å². The molecule has 0 aliphatic carbocycles. The van der Waals surface area contributed by atoms with Crippen molar-refractivity contribution in [2.75, 3.05) is 4.90 Å². The lowest BCUT2D eigenvalue weighted by atomic mass is 10.0. The van der Waals surface area contributed by atoms with Gasteiger partial charge in [0.2, 0.25) is 0 Å². The van der Waals surface area contributed by atoms with Crippen LogP contribution < -0.4 is 15.0 Å². The van der Waals surface area contributed by atoms with Gasteiger partial charge in [0.25, 0.3) is 0 Å². The first-order valence-electron chi connectivity index (χ1n) is 11.9. The molecule has 0 spiro atoms. The number of thiocarbonyl (C=S) groups is 1. The predicted molar refractivity (Wildman–Crippen MR) is 149 cm³/mol. The van der Waals surface area contributed by atoms with Crippen molar-refractivity contribution in [3.05, 3.63) is 103 Å². The van der Waals surface area contributed by atoms with Gasteiger partial charge in [-0.15, -0.1) is 0 Å². The number of nitrogens with one attached hydrogen (secondary N) is 1. The molecule has 1 aliphatic heterocycles. The Morgan fingerprint density at radius 3 is 2.53 bits per heavy atom. The van der Waals surface area contributed by atoms with Crippen molar-refractivity contribution in [3.63, 3.8) is 0 Å². The summed E-state index contributed by atoms with van der Waals surface area (Å²) >= 11 is 7.58. The average molecular weight is 512 g/mol. The minimum Gasteiger partial charge on any atom is -0.491 e. The number of pyridine rings is 1. The topological polar surface area (TPSA) is 55.2 Å². The summed E-state index contributed by atoms with van der Waals surface area (Å²) in [6.45, 7) is 4.05. The molecule has 0 saturated carbocycles. The van der Waals surface area contributed by atoms with Crippen molar-refractivity contribution in [1.82, 2.24) is 19.9 Å². The summed E-state index contributed by atoms with van der Waals surface area (Å²) in [6.07, 6.45) is 4.01. The molecule has 1 fully saturated rings. The smallest absolute Gasteiger partial charge is 0.194 e. The number of hydrogen-bond donors (Lipinski definition) is 1. The predicted octanol–water partition coefficient (Wildman–Crippen LogP) is 6.45. The van der Waals surface area contributed by atoms with E-state index < -0.39 is 0 Å². The summed E-state index contributed by atoms with van der Waals surface area (Å²) in [5.41, 5.74) is 4.00. The van der Waals surface area contributed by atoms with Crippen LogP contribution in [-0.4, -0.2) is 25.8 Å². The minimum atomic E-state index is -0.133. The molecule has 1 aliphatic rings. The normalized spacial score (nSPS) is 17.6. The first kappa shape index (κ1) is 22.7. The van der Waals surface area contributed by atoms with Gasteiger partial charge in [-0.25, -0.2) is 4.98 Å². The molecule has 36 heavy (non-hydrogen) atoms. The molecule has 180 valence electrons. The van der Waals surface area contributed by atoms with Gasteiger partial charge in [-0.05, 0) is 86.7 Å². The van der Waals surface area contributed by atoms with Crippen molar-refractivity contribution in [3.8, 4) is 10.9 Å². The van der Waals surface area contributed by atoms with E-state index in [4.69, 9.17) is 21.9 Å².